The Morgan fingerprint density at radius 2 is 1.85 bits per heavy atom. The normalized spacial score (nSPS) is 17.9. The molecule has 0 unspecified atom stereocenters. The van der Waals surface area contributed by atoms with Gasteiger partial charge < -0.3 is 15.1 Å². The lowest BCUT2D eigenvalue weighted by molar-refractivity contribution is -0.139. The second-order valence-electron chi connectivity index (χ2n) is 9.92. The number of hydrogen-bond acceptors (Lipinski definition) is 6. The second kappa shape index (κ2) is 12.3. The van der Waals surface area contributed by atoms with Crippen molar-refractivity contribution in [3.8, 4) is 0 Å². The number of aromatic nitrogens is 4. The van der Waals surface area contributed by atoms with Crippen LogP contribution in [0.25, 0.3) is 0 Å². The van der Waals surface area contributed by atoms with Crippen molar-refractivity contribution in [3.05, 3.63) is 71.4 Å². The highest BCUT2D eigenvalue weighted by atomic mass is 19.1. The molecule has 0 bridgehead atoms. The lowest BCUT2D eigenvalue weighted by atomic mass is 9.99. The van der Waals surface area contributed by atoms with Gasteiger partial charge in [0.15, 0.2) is 5.82 Å². The van der Waals surface area contributed by atoms with Gasteiger partial charge in [0, 0.05) is 25.1 Å². The molecule has 3 atom stereocenters. The van der Waals surface area contributed by atoms with Crippen LogP contribution in [0.4, 0.5) is 14.6 Å². The molecule has 2 aromatic heterocycles. The van der Waals surface area contributed by atoms with Crippen molar-refractivity contribution in [2.75, 3.05) is 24.5 Å². The lowest BCUT2D eigenvalue weighted by Gasteiger charge is -2.26. The Kier molecular flexibility index (Phi) is 8.88. The second-order valence-corrected chi connectivity index (χ2v) is 9.92. The number of rotatable bonds is 10. The summed E-state index contributed by atoms with van der Waals surface area (Å²) in [6.07, 6.45) is 0.0930. The molecule has 1 aliphatic heterocycles. The van der Waals surface area contributed by atoms with E-state index < -0.39 is 36.0 Å². The average Bonchev–Trinajstić information content (AvgIpc) is 3.54. The highest BCUT2D eigenvalue weighted by molar-refractivity contribution is 5.88. The van der Waals surface area contributed by atoms with E-state index in [4.69, 9.17) is 0 Å². The number of amides is 2. The van der Waals surface area contributed by atoms with Crippen LogP contribution < -0.4 is 10.2 Å². The van der Waals surface area contributed by atoms with Crippen molar-refractivity contribution in [3.63, 3.8) is 0 Å². The van der Waals surface area contributed by atoms with Crippen LogP contribution in [-0.4, -0.2) is 68.5 Å². The van der Waals surface area contributed by atoms with Crippen LogP contribution in [0.15, 0.2) is 48.7 Å². The van der Waals surface area contributed by atoms with E-state index in [1.165, 1.54) is 9.70 Å². The molecular weight excluding hydrogens is 504 g/mol. The summed E-state index contributed by atoms with van der Waals surface area (Å²) in [6, 6.07) is 10.6. The molecule has 2 amide bonds. The van der Waals surface area contributed by atoms with E-state index in [0.29, 0.717) is 22.6 Å². The Bertz CT molecular complexity index is 1280. The maximum atomic E-state index is 14.8. The van der Waals surface area contributed by atoms with Gasteiger partial charge in [0.1, 0.15) is 18.8 Å². The molecule has 1 saturated heterocycles. The van der Waals surface area contributed by atoms with Gasteiger partial charge in [-0.1, -0.05) is 50.2 Å². The van der Waals surface area contributed by atoms with Gasteiger partial charge in [0.05, 0.1) is 24.5 Å². The molecule has 0 radical (unpaired) electrons. The minimum Gasteiger partial charge on any atom is -0.354 e. The van der Waals surface area contributed by atoms with Gasteiger partial charge in [-0.3, -0.25) is 9.59 Å². The number of hydrogen-bond donors (Lipinski definition) is 1. The quantitative estimate of drug-likeness (QED) is 0.396. The molecule has 1 N–H and O–H groups in total. The van der Waals surface area contributed by atoms with E-state index in [2.05, 4.69) is 20.5 Å². The Labute approximate surface area is 227 Å². The van der Waals surface area contributed by atoms with Gasteiger partial charge in [0.2, 0.25) is 17.8 Å². The number of nitrogens with zero attached hydrogens (tertiary/aromatic N) is 6. The van der Waals surface area contributed by atoms with E-state index in [-0.39, 0.29) is 25.4 Å². The number of alkyl halides is 1. The maximum Gasteiger partial charge on any atom is 0.246 e. The molecular formula is C28H35F2N7O2. The molecule has 0 spiro atoms. The zero-order valence-electron chi connectivity index (χ0n) is 22.7. The lowest BCUT2D eigenvalue weighted by Crippen LogP contribution is -2.48. The first-order valence-electron chi connectivity index (χ1n) is 13.3. The predicted octanol–water partition coefficient (Wildman–Crippen LogP) is 3.63. The van der Waals surface area contributed by atoms with Crippen molar-refractivity contribution >= 4 is 17.6 Å². The zero-order valence-corrected chi connectivity index (χ0v) is 22.7. The van der Waals surface area contributed by atoms with Gasteiger partial charge in [0.25, 0.3) is 0 Å². The van der Waals surface area contributed by atoms with Gasteiger partial charge in [-0.25, -0.2) is 9.37 Å². The topological polar surface area (TPSA) is 96.2 Å². The minimum atomic E-state index is -1.35. The highest BCUT2D eigenvalue weighted by Gasteiger charge is 2.41. The number of likely N-dealkylation sites (tertiary alicyclic amines) is 1. The largest absolute Gasteiger partial charge is 0.354 e. The van der Waals surface area contributed by atoms with Crippen molar-refractivity contribution in [2.45, 2.75) is 64.8 Å². The molecule has 11 heteroatoms. The van der Waals surface area contributed by atoms with Crippen LogP contribution in [0, 0.1) is 5.95 Å². The first-order chi connectivity index (χ1) is 18.7. The number of nitrogens with one attached hydrogen (secondary N) is 1. The molecule has 1 aliphatic rings. The smallest absolute Gasteiger partial charge is 0.246 e. The Morgan fingerprint density at radius 1 is 1.13 bits per heavy atom. The third-order valence-electron chi connectivity index (χ3n) is 7.00. The van der Waals surface area contributed by atoms with E-state index in [9.17, 15) is 18.4 Å². The molecule has 0 saturated carbocycles. The third kappa shape index (κ3) is 6.40. The molecule has 1 aromatic carbocycles. The molecule has 1 fully saturated rings. The van der Waals surface area contributed by atoms with Crippen LogP contribution >= 0.6 is 0 Å². The SMILES string of the molecule is CCN(CC)c1cnn(CC(=O)N2C[C@H](F)C[C@H]2C(=O)N[C@@H](c2ccccc2)c2ccc(C(C)C)c(F)n2)n1. The molecule has 39 heavy (non-hydrogen) atoms. The van der Waals surface area contributed by atoms with Gasteiger partial charge in [-0.15, -0.1) is 5.10 Å². The number of carbonyl (C=O) groups excluding carboxylic acids is 2. The Hall–Kier alpha value is -3.89. The van der Waals surface area contributed by atoms with E-state index in [0.717, 1.165) is 13.1 Å². The van der Waals surface area contributed by atoms with Gasteiger partial charge in [-0.2, -0.15) is 14.3 Å². The molecule has 3 heterocycles. The zero-order chi connectivity index (χ0) is 28.1. The summed E-state index contributed by atoms with van der Waals surface area (Å²) < 4.78 is 29.4. The fourth-order valence-electron chi connectivity index (χ4n) is 4.84. The predicted molar refractivity (Wildman–Crippen MR) is 143 cm³/mol. The summed E-state index contributed by atoms with van der Waals surface area (Å²) in [5.74, 6) is -1.01. The monoisotopic (exact) mass is 539 g/mol. The number of benzene rings is 1. The first-order valence-corrected chi connectivity index (χ1v) is 13.3. The summed E-state index contributed by atoms with van der Waals surface area (Å²) in [6.45, 7) is 8.79. The fourth-order valence-corrected chi connectivity index (χ4v) is 4.84. The number of anilines is 1. The average molecular weight is 540 g/mol. The van der Waals surface area contributed by atoms with Crippen molar-refractivity contribution in [2.24, 2.45) is 0 Å². The fraction of sp³-hybridized carbons (Fsp3) is 0.464. The van der Waals surface area contributed by atoms with Gasteiger partial charge >= 0.3 is 0 Å². The van der Waals surface area contributed by atoms with Crippen molar-refractivity contribution < 1.29 is 18.4 Å². The van der Waals surface area contributed by atoms with Crippen molar-refractivity contribution in [1.29, 1.82) is 0 Å². The van der Waals surface area contributed by atoms with Crippen LogP contribution in [0.2, 0.25) is 0 Å². The van der Waals surface area contributed by atoms with E-state index in [1.807, 2.05) is 38.7 Å². The molecule has 208 valence electrons. The van der Waals surface area contributed by atoms with E-state index >= 15 is 0 Å². The molecule has 0 aliphatic carbocycles. The summed E-state index contributed by atoms with van der Waals surface area (Å²) in [4.78, 5) is 35.3. The van der Waals surface area contributed by atoms with Gasteiger partial charge in [-0.05, 0) is 31.4 Å². The standard InChI is InChI=1S/C28H35F2N7O2/c1-5-35(6-2)24-15-31-37(34-24)17-25(38)36-16-20(29)14-23(36)28(39)33-26(19-10-8-7-9-11-19)22-13-12-21(18(3)4)27(30)32-22/h7-13,15,18,20,23,26H,5-6,14,16-17H2,1-4H3,(H,33,39)/t20-,23+,26+/m1/s1. The maximum absolute atomic E-state index is 14.8. The van der Waals surface area contributed by atoms with Crippen molar-refractivity contribution in [1.82, 2.24) is 30.2 Å². The number of pyridine rings is 1. The third-order valence-corrected chi connectivity index (χ3v) is 7.00. The molecule has 3 aromatic rings. The summed E-state index contributed by atoms with van der Waals surface area (Å²) in [7, 11) is 0. The van der Waals surface area contributed by atoms with Crippen LogP contribution in [-0.2, 0) is 16.1 Å². The molecule has 9 nitrogen and oxygen atoms in total. The first kappa shape index (κ1) is 28.1. The Balaban J connectivity index is 1.54. The number of halogens is 2. The van der Waals surface area contributed by atoms with E-state index in [1.54, 1.807) is 42.6 Å². The number of carbonyl (C=O) groups is 2. The molecule has 4 rings (SSSR count). The van der Waals surface area contributed by atoms with Crippen LogP contribution in [0.1, 0.15) is 62.9 Å². The minimum absolute atomic E-state index is 0.0526. The Morgan fingerprint density at radius 3 is 2.49 bits per heavy atom. The van der Waals surface area contributed by atoms with Crippen LogP contribution in [0.5, 0.6) is 0 Å². The summed E-state index contributed by atoms with van der Waals surface area (Å²) in [5.41, 5.74) is 1.47. The van der Waals surface area contributed by atoms with Crippen LogP contribution in [0.3, 0.4) is 0 Å². The summed E-state index contributed by atoms with van der Waals surface area (Å²) in [5, 5.41) is 11.4. The highest BCUT2D eigenvalue weighted by Crippen LogP contribution is 2.27. The summed E-state index contributed by atoms with van der Waals surface area (Å²) >= 11 is 0.